The lowest BCUT2D eigenvalue weighted by molar-refractivity contribution is -0.117. The van der Waals surface area contributed by atoms with Gasteiger partial charge in [0.25, 0.3) is 11.8 Å². The molecule has 0 aliphatic rings. The zero-order valence-electron chi connectivity index (χ0n) is 15.2. The Labute approximate surface area is 168 Å². The number of amides is 2. The van der Waals surface area contributed by atoms with E-state index in [1.807, 2.05) is 37.3 Å². The lowest BCUT2D eigenvalue weighted by Gasteiger charge is -2.11. The van der Waals surface area contributed by atoms with Crippen LogP contribution in [-0.4, -0.2) is 11.8 Å². The summed E-state index contributed by atoms with van der Waals surface area (Å²) in [7, 11) is 0. The van der Waals surface area contributed by atoms with Crippen LogP contribution in [0.4, 0.5) is 0 Å². The molecule has 0 atom stereocenters. The maximum absolute atomic E-state index is 12.7. The quantitative estimate of drug-likeness (QED) is 0.611. The van der Waals surface area contributed by atoms with Crippen LogP contribution in [0.1, 0.15) is 27.2 Å². The zero-order chi connectivity index (χ0) is 19.9. The molecule has 5 nitrogen and oxygen atoms in total. The number of halogens is 1. The standard InChI is InChI=1S/C22H19ClN2O3/c1-15-8-10-16(11-9-15)21(26)25-20(13-18-6-4-12-28-18)22(27)24-14-17-5-2-3-7-19(17)23/h2-13H,14H2,1H3,(H,24,27)(H,25,26)/b20-13-. The third-order valence-electron chi connectivity index (χ3n) is 4.03. The highest BCUT2D eigenvalue weighted by Crippen LogP contribution is 2.15. The lowest BCUT2D eigenvalue weighted by atomic mass is 10.1. The van der Waals surface area contributed by atoms with E-state index in [2.05, 4.69) is 10.6 Å². The van der Waals surface area contributed by atoms with Gasteiger partial charge in [-0.15, -0.1) is 0 Å². The SMILES string of the molecule is Cc1ccc(C(=O)N/C(=C\c2ccco2)C(=O)NCc2ccccc2Cl)cc1. The van der Waals surface area contributed by atoms with E-state index in [4.69, 9.17) is 16.0 Å². The summed E-state index contributed by atoms with van der Waals surface area (Å²) in [5.41, 5.74) is 2.35. The van der Waals surface area contributed by atoms with E-state index < -0.39 is 5.91 Å². The Morgan fingerprint density at radius 3 is 2.46 bits per heavy atom. The molecule has 0 bridgehead atoms. The number of hydrogen-bond donors (Lipinski definition) is 2. The summed E-state index contributed by atoms with van der Waals surface area (Å²) in [6.07, 6.45) is 2.97. The summed E-state index contributed by atoms with van der Waals surface area (Å²) in [6.45, 7) is 2.17. The predicted octanol–water partition coefficient (Wildman–Crippen LogP) is 4.33. The molecule has 2 amide bonds. The molecule has 3 rings (SSSR count). The van der Waals surface area contributed by atoms with Crippen LogP contribution in [0.5, 0.6) is 0 Å². The smallest absolute Gasteiger partial charge is 0.268 e. The zero-order valence-corrected chi connectivity index (χ0v) is 16.0. The largest absolute Gasteiger partial charge is 0.465 e. The average Bonchev–Trinajstić information content (AvgIpc) is 3.20. The predicted molar refractivity (Wildman–Crippen MR) is 109 cm³/mol. The number of hydrogen-bond acceptors (Lipinski definition) is 3. The van der Waals surface area contributed by atoms with Gasteiger partial charge in [-0.1, -0.05) is 47.5 Å². The first-order valence-corrected chi connectivity index (χ1v) is 9.05. The van der Waals surface area contributed by atoms with Crippen LogP contribution in [0.25, 0.3) is 6.08 Å². The number of furan rings is 1. The molecule has 0 radical (unpaired) electrons. The molecule has 6 heteroatoms. The van der Waals surface area contributed by atoms with Gasteiger partial charge in [-0.3, -0.25) is 9.59 Å². The monoisotopic (exact) mass is 394 g/mol. The highest BCUT2D eigenvalue weighted by atomic mass is 35.5. The molecule has 1 heterocycles. The molecule has 0 unspecified atom stereocenters. The fourth-order valence-corrected chi connectivity index (χ4v) is 2.69. The van der Waals surface area contributed by atoms with Crippen molar-refractivity contribution < 1.29 is 14.0 Å². The normalized spacial score (nSPS) is 11.1. The Morgan fingerprint density at radius 2 is 1.79 bits per heavy atom. The van der Waals surface area contributed by atoms with Gasteiger partial charge >= 0.3 is 0 Å². The highest BCUT2D eigenvalue weighted by Gasteiger charge is 2.15. The van der Waals surface area contributed by atoms with Gasteiger partial charge in [0.05, 0.1) is 6.26 Å². The Hall–Kier alpha value is -3.31. The summed E-state index contributed by atoms with van der Waals surface area (Å²) in [6, 6.07) is 17.7. The fraction of sp³-hybridized carbons (Fsp3) is 0.0909. The molecule has 142 valence electrons. The van der Waals surface area contributed by atoms with Crippen LogP contribution in [0.15, 0.2) is 77.0 Å². The summed E-state index contributed by atoms with van der Waals surface area (Å²) < 4.78 is 5.27. The van der Waals surface area contributed by atoms with Crippen LogP contribution in [0.2, 0.25) is 5.02 Å². The molecule has 0 saturated carbocycles. The molecule has 1 aromatic heterocycles. The van der Waals surface area contributed by atoms with E-state index in [1.54, 1.807) is 30.3 Å². The molecule has 0 spiro atoms. The third kappa shape index (κ3) is 5.11. The van der Waals surface area contributed by atoms with Crippen molar-refractivity contribution in [3.8, 4) is 0 Å². The van der Waals surface area contributed by atoms with Crippen molar-refractivity contribution in [2.75, 3.05) is 0 Å². The molecular formula is C22H19ClN2O3. The topological polar surface area (TPSA) is 71.3 Å². The van der Waals surface area contributed by atoms with Crippen LogP contribution in [0, 0.1) is 6.92 Å². The number of rotatable bonds is 6. The minimum atomic E-state index is -0.447. The van der Waals surface area contributed by atoms with E-state index >= 15 is 0 Å². The number of carbonyl (C=O) groups is 2. The Balaban J connectivity index is 1.77. The minimum Gasteiger partial charge on any atom is -0.465 e. The van der Waals surface area contributed by atoms with Crippen molar-refractivity contribution >= 4 is 29.5 Å². The number of aryl methyl sites for hydroxylation is 1. The van der Waals surface area contributed by atoms with E-state index in [0.29, 0.717) is 16.3 Å². The van der Waals surface area contributed by atoms with Gasteiger partial charge in [0.1, 0.15) is 11.5 Å². The Kier molecular flexibility index (Phi) is 6.29. The highest BCUT2D eigenvalue weighted by molar-refractivity contribution is 6.31. The molecule has 0 aliphatic heterocycles. The van der Waals surface area contributed by atoms with Crippen LogP contribution < -0.4 is 10.6 Å². The van der Waals surface area contributed by atoms with Crippen LogP contribution in [-0.2, 0) is 11.3 Å². The maximum atomic E-state index is 12.7. The minimum absolute atomic E-state index is 0.0765. The number of nitrogens with one attached hydrogen (secondary N) is 2. The molecule has 28 heavy (non-hydrogen) atoms. The van der Waals surface area contributed by atoms with Gasteiger partial charge in [-0.05, 0) is 42.8 Å². The number of carbonyl (C=O) groups excluding carboxylic acids is 2. The second kappa shape index (κ2) is 9.06. The van der Waals surface area contributed by atoms with E-state index in [0.717, 1.165) is 11.1 Å². The fourth-order valence-electron chi connectivity index (χ4n) is 2.49. The molecule has 0 fully saturated rings. The van der Waals surface area contributed by atoms with Crippen molar-refractivity contribution in [1.29, 1.82) is 0 Å². The van der Waals surface area contributed by atoms with Gasteiger partial charge in [0.2, 0.25) is 0 Å². The second-order valence-corrected chi connectivity index (χ2v) is 6.57. The summed E-state index contributed by atoms with van der Waals surface area (Å²) in [4.78, 5) is 25.2. The molecule has 3 aromatic rings. The van der Waals surface area contributed by atoms with Gasteiger partial charge in [0.15, 0.2) is 0 Å². The molecule has 0 saturated heterocycles. The van der Waals surface area contributed by atoms with Gasteiger partial charge in [-0.2, -0.15) is 0 Å². The van der Waals surface area contributed by atoms with Crippen LogP contribution >= 0.6 is 11.6 Å². The maximum Gasteiger partial charge on any atom is 0.268 e. The van der Waals surface area contributed by atoms with Crippen molar-refractivity contribution in [1.82, 2.24) is 10.6 Å². The Morgan fingerprint density at radius 1 is 1.04 bits per heavy atom. The van der Waals surface area contributed by atoms with Crippen LogP contribution in [0.3, 0.4) is 0 Å². The first-order chi connectivity index (χ1) is 13.5. The second-order valence-electron chi connectivity index (χ2n) is 6.17. The van der Waals surface area contributed by atoms with Gasteiger partial charge in [0, 0.05) is 23.2 Å². The van der Waals surface area contributed by atoms with E-state index in [-0.39, 0.29) is 18.1 Å². The van der Waals surface area contributed by atoms with E-state index in [9.17, 15) is 9.59 Å². The summed E-state index contributed by atoms with van der Waals surface area (Å²) >= 11 is 6.13. The van der Waals surface area contributed by atoms with Crippen molar-refractivity contribution in [2.45, 2.75) is 13.5 Å². The van der Waals surface area contributed by atoms with E-state index in [1.165, 1.54) is 12.3 Å². The average molecular weight is 395 g/mol. The van der Waals surface area contributed by atoms with Crippen molar-refractivity contribution in [3.05, 3.63) is 100 Å². The summed E-state index contributed by atoms with van der Waals surface area (Å²) in [5, 5.41) is 5.99. The first-order valence-electron chi connectivity index (χ1n) is 8.68. The first kappa shape index (κ1) is 19.5. The lowest BCUT2D eigenvalue weighted by Crippen LogP contribution is -2.34. The third-order valence-corrected chi connectivity index (χ3v) is 4.40. The molecule has 2 N–H and O–H groups in total. The van der Waals surface area contributed by atoms with Gasteiger partial charge < -0.3 is 15.1 Å². The molecule has 2 aromatic carbocycles. The van der Waals surface area contributed by atoms with Crippen molar-refractivity contribution in [3.63, 3.8) is 0 Å². The number of benzene rings is 2. The van der Waals surface area contributed by atoms with Crippen molar-refractivity contribution in [2.24, 2.45) is 0 Å². The molecular weight excluding hydrogens is 376 g/mol. The molecule has 0 aliphatic carbocycles. The summed E-state index contributed by atoms with van der Waals surface area (Å²) in [5.74, 6) is -0.380. The Bertz CT molecular complexity index is 993. The van der Waals surface area contributed by atoms with Gasteiger partial charge in [-0.25, -0.2) is 0 Å².